The number of nitrogens with one attached hydrogen (secondary N) is 1. The van der Waals surface area contributed by atoms with Crippen LogP contribution < -0.4 is 19.1 Å². The van der Waals surface area contributed by atoms with Gasteiger partial charge in [0.05, 0.1) is 24.8 Å². The Balaban J connectivity index is 1.87. The van der Waals surface area contributed by atoms with Crippen LogP contribution in [0.4, 0.5) is 5.69 Å². The SMILES string of the molecule is COc1ccc(OC)c(N(CC(=O)N(Cc2cccc(Cl)c2)C(Cc2ccccc2)C(=O)NC(C)C)S(=O)(=O)c2ccc(C)cc2)c1. The second-order valence-electron chi connectivity index (χ2n) is 11.4. The Bertz CT molecular complexity index is 1780. The highest BCUT2D eigenvalue weighted by Gasteiger charge is 2.36. The lowest BCUT2D eigenvalue weighted by Crippen LogP contribution is -2.54. The molecule has 0 aliphatic heterocycles. The number of nitrogens with zero attached hydrogens (tertiary/aromatic N) is 2. The van der Waals surface area contributed by atoms with E-state index in [4.69, 9.17) is 21.1 Å². The molecule has 47 heavy (non-hydrogen) atoms. The van der Waals surface area contributed by atoms with Gasteiger partial charge in [0.15, 0.2) is 0 Å². The second-order valence-corrected chi connectivity index (χ2v) is 13.7. The molecule has 1 atom stereocenters. The van der Waals surface area contributed by atoms with Gasteiger partial charge in [0, 0.05) is 30.1 Å². The third-order valence-electron chi connectivity index (χ3n) is 7.49. The number of rotatable bonds is 14. The fourth-order valence-corrected chi connectivity index (χ4v) is 6.74. The summed E-state index contributed by atoms with van der Waals surface area (Å²) in [6, 6.07) is 26.2. The van der Waals surface area contributed by atoms with Gasteiger partial charge in [-0.05, 0) is 68.3 Å². The Hall–Kier alpha value is -4.54. The van der Waals surface area contributed by atoms with Crippen molar-refractivity contribution in [2.75, 3.05) is 25.1 Å². The van der Waals surface area contributed by atoms with Crippen molar-refractivity contribution < 1.29 is 27.5 Å². The van der Waals surface area contributed by atoms with Gasteiger partial charge in [-0.1, -0.05) is 71.8 Å². The summed E-state index contributed by atoms with van der Waals surface area (Å²) in [5.74, 6) is -0.392. The summed E-state index contributed by atoms with van der Waals surface area (Å²) in [5.41, 5.74) is 2.49. The lowest BCUT2D eigenvalue weighted by atomic mass is 10.0. The first kappa shape index (κ1) is 35.3. The van der Waals surface area contributed by atoms with Crippen molar-refractivity contribution in [3.63, 3.8) is 0 Å². The third kappa shape index (κ3) is 9.05. The van der Waals surface area contributed by atoms with Gasteiger partial charge in [0.2, 0.25) is 11.8 Å². The maximum absolute atomic E-state index is 14.7. The summed E-state index contributed by atoms with van der Waals surface area (Å²) >= 11 is 6.32. The molecule has 9 nitrogen and oxygen atoms in total. The van der Waals surface area contributed by atoms with E-state index in [9.17, 15) is 18.0 Å². The molecule has 0 aromatic heterocycles. The molecular weight excluding hydrogens is 638 g/mol. The first-order valence-electron chi connectivity index (χ1n) is 15.1. The van der Waals surface area contributed by atoms with E-state index in [1.54, 1.807) is 48.5 Å². The summed E-state index contributed by atoms with van der Waals surface area (Å²) in [6.45, 7) is 4.89. The number of hydrogen-bond donors (Lipinski definition) is 1. The highest BCUT2D eigenvalue weighted by atomic mass is 35.5. The lowest BCUT2D eigenvalue weighted by Gasteiger charge is -2.34. The Labute approximate surface area is 282 Å². The van der Waals surface area contributed by atoms with Crippen molar-refractivity contribution in [1.29, 1.82) is 0 Å². The molecule has 0 fully saturated rings. The fraction of sp³-hybridized carbons (Fsp3) is 0.278. The van der Waals surface area contributed by atoms with E-state index in [0.29, 0.717) is 16.3 Å². The molecule has 0 aliphatic carbocycles. The first-order chi connectivity index (χ1) is 22.4. The van der Waals surface area contributed by atoms with Gasteiger partial charge in [0.1, 0.15) is 24.1 Å². The van der Waals surface area contributed by atoms with Gasteiger partial charge in [-0.2, -0.15) is 0 Å². The Kier molecular flexibility index (Phi) is 11.9. The van der Waals surface area contributed by atoms with Gasteiger partial charge in [-0.25, -0.2) is 8.42 Å². The second kappa shape index (κ2) is 15.8. The number of ether oxygens (including phenoxy) is 2. The molecule has 0 saturated carbocycles. The molecule has 2 amide bonds. The molecule has 4 aromatic rings. The number of methoxy groups -OCH3 is 2. The molecule has 0 radical (unpaired) electrons. The highest BCUT2D eigenvalue weighted by molar-refractivity contribution is 7.92. The number of sulfonamides is 1. The number of anilines is 1. The Morgan fingerprint density at radius 1 is 0.851 bits per heavy atom. The largest absolute Gasteiger partial charge is 0.497 e. The van der Waals surface area contributed by atoms with Crippen LogP contribution in [0.1, 0.15) is 30.5 Å². The number of halogens is 1. The molecule has 11 heteroatoms. The third-order valence-corrected chi connectivity index (χ3v) is 9.50. The maximum atomic E-state index is 14.7. The predicted molar refractivity (Wildman–Crippen MR) is 184 cm³/mol. The van der Waals surface area contributed by atoms with E-state index in [1.165, 1.54) is 37.3 Å². The quantitative estimate of drug-likeness (QED) is 0.175. The summed E-state index contributed by atoms with van der Waals surface area (Å²) in [7, 11) is -1.45. The smallest absolute Gasteiger partial charge is 0.264 e. The van der Waals surface area contributed by atoms with E-state index in [2.05, 4.69) is 5.32 Å². The molecule has 4 aromatic carbocycles. The van der Waals surface area contributed by atoms with Gasteiger partial charge in [0.25, 0.3) is 10.0 Å². The molecule has 0 bridgehead atoms. The van der Waals surface area contributed by atoms with Gasteiger partial charge in [-0.15, -0.1) is 0 Å². The van der Waals surface area contributed by atoms with Gasteiger partial charge < -0.3 is 19.7 Å². The first-order valence-corrected chi connectivity index (χ1v) is 16.9. The zero-order valence-corrected chi connectivity index (χ0v) is 28.7. The summed E-state index contributed by atoms with van der Waals surface area (Å²) in [6.07, 6.45) is 0.193. The number of benzene rings is 4. The van der Waals surface area contributed by atoms with Crippen LogP contribution in [0.25, 0.3) is 0 Å². The van der Waals surface area contributed by atoms with Crippen LogP contribution in [0.2, 0.25) is 5.02 Å². The molecule has 4 rings (SSSR count). The molecular formula is C36H40ClN3O6S. The maximum Gasteiger partial charge on any atom is 0.264 e. The number of aryl methyl sites for hydroxylation is 1. The van der Waals surface area contributed by atoms with E-state index in [1.807, 2.05) is 51.1 Å². The van der Waals surface area contributed by atoms with Crippen LogP contribution in [-0.4, -0.2) is 58.0 Å². The van der Waals surface area contributed by atoms with Crippen molar-refractivity contribution in [2.45, 2.75) is 50.7 Å². The van der Waals surface area contributed by atoms with Crippen LogP contribution in [0.5, 0.6) is 11.5 Å². The van der Waals surface area contributed by atoms with Gasteiger partial charge in [-0.3, -0.25) is 13.9 Å². The Morgan fingerprint density at radius 2 is 1.53 bits per heavy atom. The molecule has 1 unspecified atom stereocenters. The molecule has 0 saturated heterocycles. The zero-order chi connectivity index (χ0) is 34.1. The topological polar surface area (TPSA) is 105 Å². The van der Waals surface area contributed by atoms with Crippen LogP contribution in [0.15, 0.2) is 102 Å². The highest BCUT2D eigenvalue weighted by Crippen LogP contribution is 2.36. The van der Waals surface area contributed by atoms with Crippen molar-refractivity contribution in [2.24, 2.45) is 0 Å². The molecule has 0 spiro atoms. The van der Waals surface area contributed by atoms with E-state index >= 15 is 0 Å². The predicted octanol–water partition coefficient (Wildman–Crippen LogP) is 6.03. The van der Waals surface area contributed by atoms with Crippen molar-refractivity contribution >= 4 is 39.1 Å². The van der Waals surface area contributed by atoms with Crippen molar-refractivity contribution in [1.82, 2.24) is 10.2 Å². The minimum atomic E-state index is -4.33. The number of carbonyl (C=O) groups is 2. The lowest BCUT2D eigenvalue weighted by molar-refractivity contribution is -0.140. The fourth-order valence-electron chi connectivity index (χ4n) is 5.11. The van der Waals surface area contributed by atoms with Crippen molar-refractivity contribution in [3.8, 4) is 11.5 Å². The van der Waals surface area contributed by atoms with Crippen LogP contribution in [0, 0.1) is 6.92 Å². The van der Waals surface area contributed by atoms with Crippen LogP contribution in [-0.2, 0) is 32.6 Å². The summed E-state index contributed by atoms with van der Waals surface area (Å²) < 4.78 is 40.7. The number of carbonyl (C=O) groups excluding carboxylic acids is 2. The molecule has 0 aliphatic rings. The molecule has 0 heterocycles. The minimum absolute atomic E-state index is 0.00390. The molecule has 1 N–H and O–H groups in total. The monoisotopic (exact) mass is 677 g/mol. The Morgan fingerprint density at radius 3 is 2.15 bits per heavy atom. The van der Waals surface area contributed by atoms with E-state index in [-0.39, 0.29) is 41.2 Å². The standard InChI is InChI=1S/C36H40ClN3O6S/c1-25(2)38-36(42)33(21-27-10-7-6-8-11-27)39(23-28-12-9-13-29(37)20-28)35(41)24-40(32-22-30(45-4)16-19-34(32)46-5)47(43,44)31-17-14-26(3)15-18-31/h6-20,22,25,33H,21,23-24H2,1-5H3,(H,38,42). The van der Waals surface area contributed by atoms with Gasteiger partial charge >= 0.3 is 0 Å². The summed E-state index contributed by atoms with van der Waals surface area (Å²) in [4.78, 5) is 29.9. The van der Waals surface area contributed by atoms with E-state index in [0.717, 1.165) is 15.4 Å². The van der Waals surface area contributed by atoms with Crippen molar-refractivity contribution in [3.05, 3.63) is 119 Å². The minimum Gasteiger partial charge on any atom is -0.497 e. The molecule has 248 valence electrons. The number of hydrogen-bond acceptors (Lipinski definition) is 6. The average molecular weight is 678 g/mol. The number of amides is 2. The summed E-state index contributed by atoms with van der Waals surface area (Å²) in [5, 5.41) is 3.41. The normalized spacial score (nSPS) is 11.9. The zero-order valence-electron chi connectivity index (χ0n) is 27.1. The van der Waals surface area contributed by atoms with Crippen LogP contribution >= 0.6 is 11.6 Å². The average Bonchev–Trinajstić information content (AvgIpc) is 3.05. The van der Waals surface area contributed by atoms with Crippen LogP contribution in [0.3, 0.4) is 0 Å². The van der Waals surface area contributed by atoms with E-state index < -0.39 is 28.5 Å².